The number of hydrogen-bond donors (Lipinski definition) is 3. The Hall–Kier alpha value is -3.61. The third-order valence-electron chi connectivity index (χ3n) is 3.95. The van der Waals surface area contributed by atoms with Crippen molar-refractivity contribution >= 4 is 39.5 Å². The van der Waals surface area contributed by atoms with Crippen molar-refractivity contribution in [2.45, 2.75) is 0 Å². The summed E-state index contributed by atoms with van der Waals surface area (Å²) in [6.07, 6.45) is 3.36. The Kier molecular flexibility index (Phi) is 3.46. The van der Waals surface area contributed by atoms with Gasteiger partial charge >= 0.3 is 5.97 Å². The van der Waals surface area contributed by atoms with E-state index in [1.807, 2.05) is 24.4 Å². The van der Waals surface area contributed by atoms with Crippen LogP contribution in [0.1, 0.15) is 20.8 Å². The van der Waals surface area contributed by atoms with Crippen molar-refractivity contribution in [3.63, 3.8) is 0 Å². The molecule has 7 heteroatoms. The number of carbonyl (C=O) groups excluding carboxylic acids is 2. The molecule has 1 aromatic carbocycles. The fraction of sp³-hybridized carbons (Fsp3) is 0.0556. The second kappa shape index (κ2) is 5.79. The van der Waals surface area contributed by atoms with Crippen LogP contribution in [0, 0.1) is 0 Å². The molecule has 4 rings (SSSR count). The average molecular weight is 334 g/mol. The number of carbonyl (C=O) groups is 2. The number of aromatic amines is 2. The normalized spacial score (nSPS) is 10.9. The molecule has 0 aliphatic rings. The van der Waals surface area contributed by atoms with Crippen molar-refractivity contribution in [3.05, 3.63) is 60.0 Å². The van der Waals surface area contributed by atoms with Crippen LogP contribution in [-0.4, -0.2) is 33.9 Å². The molecule has 0 bridgehead atoms. The number of benzene rings is 1. The van der Waals surface area contributed by atoms with Gasteiger partial charge in [-0.1, -0.05) is 0 Å². The summed E-state index contributed by atoms with van der Waals surface area (Å²) in [5, 5.41) is 4.49. The lowest BCUT2D eigenvalue weighted by atomic mass is 10.1. The van der Waals surface area contributed by atoms with Crippen molar-refractivity contribution in [2.75, 3.05) is 12.4 Å². The first-order valence-electron chi connectivity index (χ1n) is 7.59. The topological polar surface area (TPSA) is 99.9 Å². The highest BCUT2D eigenvalue weighted by atomic mass is 16.5. The van der Waals surface area contributed by atoms with Gasteiger partial charge in [-0.05, 0) is 36.4 Å². The van der Waals surface area contributed by atoms with Crippen molar-refractivity contribution in [3.8, 4) is 0 Å². The summed E-state index contributed by atoms with van der Waals surface area (Å²) < 4.78 is 4.68. The summed E-state index contributed by atoms with van der Waals surface area (Å²) >= 11 is 0. The van der Waals surface area contributed by atoms with E-state index in [2.05, 4.69) is 25.0 Å². The van der Waals surface area contributed by atoms with Gasteiger partial charge in [0.05, 0.1) is 19.0 Å². The Morgan fingerprint density at radius 3 is 2.84 bits per heavy atom. The molecule has 3 aromatic heterocycles. The highest BCUT2D eigenvalue weighted by Crippen LogP contribution is 2.20. The van der Waals surface area contributed by atoms with E-state index < -0.39 is 5.97 Å². The largest absolute Gasteiger partial charge is 0.464 e. The first-order chi connectivity index (χ1) is 12.1. The van der Waals surface area contributed by atoms with E-state index in [9.17, 15) is 9.59 Å². The monoisotopic (exact) mass is 334 g/mol. The Bertz CT molecular complexity index is 1110. The highest BCUT2D eigenvalue weighted by molar-refractivity contribution is 6.07. The van der Waals surface area contributed by atoms with Crippen molar-refractivity contribution in [1.82, 2.24) is 15.0 Å². The molecule has 1 amide bonds. The second-order valence-corrected chi connectivity index (χ2v) is 5.57. The fourth-order valence-corrected chi connectivity index (χ4v) is 2.70. The lowest BCUT2D eigenvalue weighted by Crippen LogP contribution is -2.11. The maximum absolute atomic E-state index is 12.4. The van der Waals surface area contributed by atoms with Gasteiger partial charge in [0.2, 0.25) is 0 Å². The molecule has 124 valence electrons. The molecule has 0 fully saturated rings. The zero-order valence-corrected chi connectivity index (χ0v) is 13.3. The van der Waals surface area contributed by atoms with Crippen molar-refractivity contribution < 1.29 is 14.3 Å². The Morgan fingerprint density at radius 2 is 2.00 bits per heavy atom. The van der Waals surface area contributed by atoms with Gasteiger partial charge < -0.3 is 20.0 Å². The first kappa shape index (κ1) is 14.9. The minimum absolute atomic E-state index is 0.229. The first-order valence-corrected chi connectivity index (χ1v) is 7.59. The Labute approximate surface area is 142 Å². The molecule has 0 atom stereocenters. The SMILES string of the molecule is COC(=O)c1cc2cc(NC(=O)c3ccc4[nH]ccc4c3)cnc2[nH]1. The molecular weight excluding hydrogens is 320 g/mol. The summed E-state index contributed by atoms with van der Waals surface area (Å²) in [5.74, 6) is -0.698. The molecule has 25 heavy (non-hydrogen) atoms. The van der Waals surface area contributed by atoms with Crippen LogP contribution in [0.25, 0.3) is 21.9 Å². The molecule has 0 spiro atoms. The number of nitrogens with one attached hydrogen (secondary N) is 3. The number of hydrogen-bond acceptors (Lipinski definition) is 4. The Balaban J connectivity index is 1.60. The zero-order valence-electron chi connectivity index (χ0n) is 13.3. The number of rotatable bonds is 3. The summed E-state index contributed by atoms with van der Waals surface area (Å²) in [6.45, 7) is 0. The van der Waals surface area contributed by atoms with Crippen LogP contribution in [-0.2, 0) is 4.74 Å². The van der Waals surface area contributed by atoms with Crippen LogP contribution in [0.2, 0.25) is 0 Å². The molecular formula is C18H14N4O3. The van der Waals surface area contributed by atoms with Gasteiger partial charge in [-0.2, -0.15) is 0 Å². The summed E-state index contributed by atoms with van der Waals surface area (Å²) in [6, 6.07) is 10.7. The molecule has 4 aromatic rings. The smallest absolute Gasteiger partial charge is 0.354 e. The van der Waals surface area contributed by atoms with E-state index in [0.29, 0.717) is 28.0 Å². The number of amides is 1. The van der Waals surface area contributed by atoms with E-state index in [-0.39, 0.29) is 5.91 Å². The number of methoxy groups -OCH3 is 1. The average Bonchev–Trinajstić information content (AvgIpc) is 3.26. The van der Waals surface area contributed by atoms with E-state index in [1.54, 1.807) is 18.2 Å². The molecule has 3 N–H and O–H groups in total. The van der Waals surface area contributed by atoms with E-state index in [4.69, 9.17) is 0 Å². The van der Waals surface area contributed by atoms with Gasteiger partial charge in [0, 0.05) is 28.0 Å². The third-order valence-corrected chi connectivity index (χ3v) is 3.95. The fourth-order valence-electron chi connectivity index (χ4n) is 2.70. The van der Waals surface area contributed by atoms with Crippen LogP contribution < -0.4 is 5.32 Å². The molecule has 0 radical (unpaired) electrons. The molecule has 0 saturated carbocycles. The molecule has 0 saturated heterocycles. The van der Waals surface area contributed by atoms with Gasteiger partial charge in [0.25, 0.3) is 5.91 Å². The number of pyridine rings is 1. The molecule has 0 unspecified atom stereocenters. The van der Waals surface area contributed by atoms with Gasteiger partial charge in [-0.25, -0.2) is 9.78 Å². The molecule has 7 nitrogen and oxygen atoms in total. The minimum Gasteiger partial charge on any atom is -0.464 e. The molecule has 0 aliphatic heterocycles. The number of fused-ring (bicyclic) bond motifs is 2. The maximum Gasteiger partial charge on any atom is 0.354 e. The van der Waals surface area contributed by atoms with E-state index >= 15 is 0 Å². The lowest BCUT2D eigenvalue weighted by Gasteiger charge is -2.05. The predicted octanol–water partition coefficient (Wildman–Crippen LogP) is 3.08. The number of nitrogens with zero attached hydrogens (tertiary/aromatic N) is 1. The number of ether oxygens (including phenoxy) is 1. The van der Waals surface area contributed by atoms with Gasteiger partial charge in [0.15, 0.2) is 0 Å². The summed E-state index contributed by atoms with van der Waals surface area (Å²) in [4.78, 5) is 34.2. The van der Waals surface area contributed by atoms with Crippen molar-refractivity contribution in [1.29, 1.82) is 0 Å². The van der Waals surface area contributed by atoms with Crippen LogP contribution in [0.4, 0.5) is 5.69 Å². The standard InChI is InChI=1S/C18H14N4O3/c1-25-18(24)15-8-12-7-13(9-20-16(12)22-15)21-17(23)11-2-3-14-10(6-11)4-5-19-14/h2-9,19H,1H3,(H,20,22)(H,21,23). The zero-order chi connectivity index (χ0) is 17.4. The van der Waals surface area contributed by atoms with Gasteiger partial charge in [-0.3, -0.25) is 4.79 Å². The van der Waals surface area contributed by atoms with Crippen LogP contribution in [0.5, 0.6) is 0 Å². The Morgan fingerprint density at radius 1 is 1.12 bits per heavy atom. The third kappa shape index (κ3) is 2.72. The summed E-state index contributed by atoms with van der Waals surface area (Å²) in [7, 11) is 1.31. The highest BCUT2D eigenvalue weighted by Gasteiger charge is 2.12. The van der Waals surface area contributed by atoms with Crippen molar-refractivity contribution in [2.24, 2.45) is 0 Å². The van der Waals surface area contributed by atoms with Crippen LogP contribution in [0.15, 0.2) is 48.8 Å². The van der Waals surface area contributed by atoms with Crippen LogP contribution in [0.3, 0.4) is 0 Å². The number of aromatic nitrogens is 3. The molecule has 3 heterocycles. The predicted molar refractivity (Wildman–Crippen MR) is 93.7 cm³/mol. The summed E-state index contributed by atoms with van der Waals surface area (Å²) in [5.41, 5.74) is 2.93. The number of anilines is 1. The van der Waals surface area contributed by atoms with E-state index in [0.717, 1.165) is 10.9 Å². The lowest BCUT2D eigenvalue weighted by molar-refractivity contribution is 0.0595. The maximum atomic E-state index is 12.4. The van der Waals surface area contributed by atoms with E-state index in [1.165, 1.54) is 13.3 Å². The molecule has 0 aliphatic carbocycles. The van der Waals surface area contributed by atoms with Gasteiger partial charge in [0.1, 0.15) is 11.3 Å². The minimum atomic E-state index is -0.469. The van der Waals surface area contributed by atoms with Crippen LogP contribution >= 0.6 is 0 Å². The quantitative estimate of drug-likeness (QED) is 0.501. The second-order valence-electron chi connectivity index (χ2n) is 5.57. The number of esters is 1. The number of H-pyrrole nitrogens is 2. The van der Waals surface area contributed by atoms with Gasteiger partial charge in [-0.15, -0.1) is 0 Å².